The van der Waals surface area contributed by atoms with Gasteiger partial charge in [-0.05, 0) is 29.2 Å². The minimum Gasteiger partial charge on any atom is -0.490 e. The summed E-state index contributed by atoms with van der Waals surface area (Å²) in [6, 6.07) is 10.7. The fourth-order valence-electron chi connectivity index (χ4n) is 2.21. The third-order valence-corrected chi connectivity index (χ3v) is 5.48. The number of nitrogens with zero attached hydrogens (tertiary/aromatic N) is 3. The molecular weight excluding hydrogens is 436 g/mol. The summed E-state index contributed by atoms with van der Waals surface area (Å²) in [5.41, 5.74) is 1.22. The highest BCUT2D eigenvalue weighted by Gasteiger charge is 2.10. The quantitative estimate of drug-likeness (QED) is 0.492. The molecular formula is C18H15FIN3O2. The van der Waals surface area contributed by atoms with E-state index in [2.05, 4.69) is 27.1 Å². The Balaban J connectivity index is 1.54. The van der Waals surface area contributed by atoms with Crippen molar-refractivity contribution in [2.75, 3.05) is 18.1 Å². The zero-order chi connectivity index (χ0) is 17.6. The standard InChI is InChI=1S/C18H15FIN3O2/c1-13-20-5-6-23(13)15-3-2-4-16(10-15)24-7-8-25-18-17(19)9-14(11-21)12-22-18/h2-6,9-10,12H,7-8H2,1H3. The molecule has 1 aromatic carbocycles. The first-order chi connectivity index (χ1) is 12.2. The van der Waals surface area contributed by atoms with E-state index in [1.807, 2.05) is 30.3 Å². The Hall–Kier alpha value is -2.47. The van der Waals surface area contributed by atoms with Crippen LogP contribution in [0.2, 0.25) is 0 Å². The van der Waals surface area contributed by atoms with Gasteiger partial charge in [0.05, 0.1) is 9.20 Å². The number of hydrogen-bond acceptors (Lipinski definition) is 5. The van der Waals surface area contributed by atoms with Crippen LogP contribution in [-0.2, 0) is 0 Å². The highest BCUT2D eigenvalue weighted by Crippen LogP contribution is 2.27. The molecule has 1 aromatic heterocycles. The van der Waals surface area contributed by atoms with Crippen molar-refractivity contribution in [2.45, 2.75) is 6.92 Å². The van der Waals surface area contributed by atoms with Crippen molar-refractivity contribution < 1.29 is 13.9 Å². The van der Waals surface area contributed by atoms with Crippen molar-refractivity contribution in [3.05, 3.63) is 58.2 Å². The number of pyridine rings is 1. The molecule has 0 bridgehead atoms. The van der Waals surface area contributed by atoms with Crippen molar-refractivity contribution >= 4 is 30.1 Å². The summed E-state index contributed by atoms with van der Waals surface area (Å²) in [4.78, 5) is 5.94. The number of rotatable bonds is 6. The van der Waals surface area contributed by atoms with Crippen molar-refractivity contribution in [1.29, 1.82) is 5.26 Å². The lowest BCUT2D eigenvalue weighted by molar-refractivity contribution is 0.205. The Labute approximate surface area is 155 Å². The second-order valence-corrected chi connectivity index (χ2v) is 7.97. The summed E-state index contributed by atoms with van der Waals surface area (Å²) in [7, 11) is 0. The predicted octanol–water partition coefficient (Wildman–Crippen LogP) is 3.96. The topological polar surface area (TPSA) is 58.4 Å². The lowest BCUT2D eigenvalue weighted by Crippen LogP contribution is -2.18. The summed E-state index contributed by atoms with van der Waals surface area (Å²) in [6.45, 7) is 2.55. The normalized spacial score (nSPS) is 13.0. The molecule has 7 heteroatoms. The lowest BCUT2D eigenvalue weighted by Gasteiger charge is -2.18. The van der Waals surface area contributed by atoms with E-state index < -0.39 is 5.82 Å². The van der Waals surface area contributed by atoms with Gasteiger partial charge in [-0.1, -0.05) is 26.8 Å². The van der Waals surface area contributed by atoms with Crippen LogP contribution in [0, 0.1) is 17.1 Å². The zero-order valence-corrected chi connectivity index (χ0v) is 15.6. The fourth-order valence-corrected chi connectivity index (χ4v) is 3.95. The van der Waals surface area contributed by atoms with Crippen LogP contribution in [0.5, 0.6) is 11.6 Å². The van der Waals surface area contributed by atoms with Gasteiger partial charge in [0.25, 0.3) is 5.88 Å². The van der Waals surface area contributed by atoms with Gasteiger partial charge in [-0.3, -0.25) is 0 Å². The van der Waals surface area contributed by atoms with Crippen LogP contribution in [0.1, 0.15) is 12.5 Å². The average molecular weight is 451 g/mol. The lowest BCUT2D eigenvalue weighted by atomic mass is 10.3. The van der Waals surface area contributed by atoms with Gasteiger partial charge < -0.3 is 14.4 Å². The van der Waals surface area contributed by atoms with E-state index >= 15 is 0 Å². The predicted molar refractivity (Wildman–Crippen MR) is 103 cm³/mol. The van der Waals surface area contributed by atoms with Crippen LogP contribution < -0.4 is 14.4 Å². The van der Waals surface area contributed by atoms with Crippen LogP contribution in [-0.4, -0.2) is 21.8 Å². The zero-order valence-electron chi connectivity index (χ0n) is 13.4. The van der Waals surface area contributed by atoms with Crippen molar-refractivity contribution in [2.24, 2.45) is 0 Å². The minimum absolute atomic E-state index is 0.00545. The minimum atomic E-state index is -0.656. The Morgan fingerprint density at radius 1 is 1.28 bits per heavy atom. The van der Waals surface area contributed by atoms with E-state index in [9.17, 15) is 4.39 Å². The van der Waals surface area contributed by atoms with Crippen LogP contribution >= 0.6 is 20.7 Å². The van der Waals surface area contributed by atoms with Crippen molar-refractivity contribution in [3.8, 4) is 17.7 Å². The molecule has 25 heavy (non-hydrogen) atoms. The van der Waals surface area contributed by atoms with Gasteiger partial charge in [0.1, 0.15) is 25.0 Å². The molecule has 5 nitrogen and oxygen atoms in total. The fraction of sp³-hybridized carbons (Fsp3) is 0.167. The molecule has 1 aliphatic heterocycles. The first kappa shape index (κ1) is 17.4. The molecule has 0 saturated carbocycles. The number of aromatic nitrogens is 1. The molecule has 0 radical (unpaired) electrons. The molecule has 0 saturated heterocycles. The molecule has 0 atom stereocenters. The molecule has 2 heterocycles. The second-order valence-electron chi connectivity index (χ2n) is 5.07. The highest BCUT2D eigenvalue weighted by molar-refractivity contribution is 14.2. The highest BCUT2D eigenvalue weighted by atomic mass is 127. The second kappa shape index (κ2) is 8.07. The Morgan fingerprint density at radius 3 is 2.84 bits per heavy atom. The van der Waals surface area contributed by atoms with Crippen LogP contribution in [0.4, 0.5) is 10.1 Å². The van der Waals surface area contributed by atoms with Gasteiger partial charge in [0.15, 0.2) is 5.82 Å². The van der Waals surface area contributed by atoms with Crippen molar-refractivity contribution in [3.63, 3.8) is 0 Å². The van der Waals surface area contributed by atoms with E-state index in [4.69, 9.17) is 14.7 Å². The van der Waals surface area contributed by atoms with Crippen molar-refractivity contribution in [1.82, 2.24) is 4.98 Å². The Bertz CT molecular complexity index is 877. The maximum Gasteiger partial charge on any atom is 0.250 e. The number of hydrogen-bond donors (Lipinski definition) is 0. The Kier molecular flexibility index (Phi) is 5.60. The van der Waals surface area contributed by atoms with Gasteiger partial charge in [0.2, 0.25) is 0 Å². The third-order valence-electron chi connectivity index (χ3n) is 3.38. The number of anilines is 1. The molecule has 0 spiro atoms. The molecule has 0 fully saturated rings. The summed E-state index contributed by atoms with van der Waals surface area (Å²) < 4.78 is 28.2. The molecule has 0 aliphatic carbocycles. The average Bonchev–Trinajstić information content (AvgIpc) is 3.06. The number of halogens is 2. The maximum atomic E-state index is 13.7. The molecule has 0 unspecified atom stereocenters. The molecule has 3 rings (SSSR count). The molecule has 2 aromatic rings. The van der Waals surface area contributed by atoms with Gasteiger partial charge >= 0.3 is 0 Å². The first-order valence-electron chi connectivity index (χ1n) is 7.51. The number of ether oxygens (including phenoxy) is 2. The summed E-state index contributed by atoms with van der Waals surface area (Å²) in [5.74, 6) is -0.0652. The summed E-state index contributed by atoms with van der Waals surface area (Å²) in [5, 5.41) is 8.69. The van der Waals surface area contributed by atoms with E-state index in [-0.39, 0.29) is 45.4 Å². The molecule has 128 valence electrons. The Morgan fingerprint density at radius 2 is 2.12 bits per heavy atom. The van der Waals surface area contributed by atoms with E-state index in [1.165, 1.54) is 9.83 Å². The number of benzene rings is 1. The summed E-state index contributed by atoms with van der Waals surface area (Å²) >= 11 is -0.00545. The maximum absolute atomic E-state index is 13.7. The van der Waals surface area contributed by atoms with Gasteiger partial charge in [-0.25, -0.2) is 9.37 Å². The van der Waals surface area contributed by atoms with Crippen LogP contribution in [0.15, 0.2) is 46.8 Å². The van der Waals surface area contributed by atoms with Crippen LogP contribution in [0.25, 0.3) is 0 Å². The van der Waals surface area contributed by atoms with Gasteiger partial charge in [0, 0.05) is 24.2 Å². The van der Waals surface area contributed by atoms with Gasteiger partial charge in [-0.2, -0.15) is 5.26 Å². The van der Waals surface area contributed by atoms with E-state index in [0.29, 0.717) is 0 Å². The monoisotopic (exact) mass is 451 g/mol. The largest absolute Gasteiger partial charge is 0.490 e. The SMILES string of the molecule is CC1=IC=CN1c1cccc(OCCOc2ncc(C#N)cc2F)c1. The van der Waals surface area contributed by atoms with Crippen LogP contribution in [0.3, 0.4) is 0 Å². The first-order valence-corrected chi connectivity index (χ1v) is 9.84. The third kappa shape index (κ3) is 4.33. The van der Waals surface area contributed by atoms with E-state index in [1.54, 1.807) is 0 Å². The molecule has 0 amide bonds. The van der Waals surface area contributed by atoms with E-state index in [0.717, 1.165) is 17.5 Å². The smallest absolute Gasteiger partial charge is 0.250 e. The number of nitriles is 1. The molecule has 1 aliphatic rings. The van der Waals surface area contributed by atoms with Gasteiger partial charge in [-0.15, -0.1) is 0 Å². The summed E-state index contributed by atoms with van der Waals surface area (Å²) in [6.07, 6.45) is 3.36. The molecule has 0 N–H and O–H groups in total.